The molecule has 1 rings (SSSR count). The van der Waals surface area contributed by atoms with Crippen molar-refractivity contribution < 1.29 is 29.7 Å². The first-order valence-corrected chi connectivity index (χ1v) is 10.5. The van der Waals surface area contributed by atoms with Gasteiger partial charge in [-0.3, -0.25) is 0 Å². The third-order valence-corrected chi connectivity index (χ3v) is 4.92. The monoisotopic (exact) mass is 479 g/mol. The number of carbonyl (C=O) groups is 3. The predicted octanol–water partition coefficient (Wildman–Crippen LogP) is 3.56. The van der Waals surface area contributed by atoms with Crippen LogP contribution in [0.15, 0.2) is 12.1 Å². The van der Waals surface area contributed by atoms with Crippen LogP contribution in [-0.4, -0.2) is 128 Å². The van der Waals surface area contributed by atoms with Crippen LogP contribution in [0.3, 0.4) is 0 Å². The second-order valence-electron chi connectivity index (χ2n) is 7.32. The molecule has 0 saturated heterocycles. The van der Waals surface area contributed by atoms with E-state index < -0.39 is 34.6 Å². The molecule has 0 heterocycles. The molecule has 0 aliphatic carbocycles. The molecule has 7 nitrogen and oxygen atoms in total. The number of nitrogens with one attached hydrogen (secondary N) is 1. The van der Waals surface area contributed by atoms with E-state index in [9.17, 15) is 29.7 Å². The van der Waals surface area contributed by atoms with Gasteiger partial charge in [0.25, 0.3) is 0 Å². The minimum atomic E-state index is -1.57. The molecule has 0 spiro atoms. The summed E-state index contributed by atoms with van der Waals surface area (Å²) in [7, 11) is 0. The van der Waals surface area contributed by atoms with Crippen molar-refractivity contribution in [1.29, 1.82) is 0 Å². The first-order chi connectivity index (χ1) is 13.9. The summed E-state index contributed by atoms with van der Waals surface area (Å²) < 4.78 is 0. The second kappa shape index (κ2) is 21.9. The van der Waals surface area contributed by atoms with E-state index >= 15 is 0 Å². The van der Waals surface area contributed by atoms with Crippen molar-refractivity contribution >= 4 is 112 Å². The van der Waals surface area contributed by atoms with Crippen LogP contribution in [0, 0.1) is 0 Å². The van der Waals surface area contributed by atoms with Gasteiger partial charge in [0.1, 0.15) is 0 Å². The van der Waals surface area contributed by atoms with Crippen LogP contribution in [-0.2, 0) is 0 Å². The van der Waals surface area contributed by atoms with Gasteiger partial charge in [-0.25, -0.2) is 14.4 Å². The molecule has 0 atom stereocenters. The van der Waals surface area contributed by atoms with Gasteiger partial charge >= 0.3 is 107 Å². The van der Waals surface area contributed by atoms with E-state index in [4.69, 9.17) is 0 Å². The van der Waals surface area contributed by atoms with E-state index in [0.29, 0.717) is 12.2 Å². The quantitative estimate of drug-likeness (QED) is 0.211. The summed E-state index contributed by atoms with van der Waals surface area (Å²) in [6.07, 6.45) is 13.4. The standard InChI is InChI=1S/C22H33NO6.3Na.3H/c1-2-3-4-5-6-7-8-9-10-11-12-13-23-16-14-17(20(24)25)19(22(28)29)18(15-16)21(26)27;;;;;;/h14-15,23H,2-13H2,1H3,(H,24,25)(H,26,27)(H,28,29);;;;;;. The van der Waals surface area contributed by atoms with Gasteiger partial charge in [-0.2, -0.15) is 0 Å². The molecule has 0 radical (unpaired) electrons. The van der Waals surface area contributed by atoms with Crippen molar-refractivity contribution in [2.75, 3.05) is 11.9 Å². The summed E-state index contributed by atoms with van der Waals surface area (Å²) in [5.41, 5.74) is -1.46. The van der Waals surface area contributed by atoms with Crippen molar-refractivity contribution in [1.82, 2.24) is 0 Å². The Kier molecular flexibility index (Phi) is 25.3. The first-order valence-electron chi connectivity index (χ1n) is 10.5. The molecule has 1 aromatic carbocycles. The molecule has 0 unspecified atom stereocenters. The normalized spacial score (nSPS) is 9.66. The Bertz CT molecular complexity index is 665. The molecule has 0 aliphatic rings. The van der Waals surface area contributed by atoms with Crippen LogP contribution in [0.1, 0.15) is 109 Å². The molecule has 0 fully saturated rings. The van der Waals surface area contributed by atoms with Crippen LogP contribution in [0.5, 0.6) is 0 Å². The Labute approximate surface area is 257 Å². The number of rotatable bonds is 16. The summed E-state index contributed by atoms with van der Waals surface area (Å²) >= 11 is 0. The van der Waals surface area contributed by atoms with E-state index in [1.54, 1.807) is 0 Å². The zero-order valence-electron chi connectivity index (χ0n) is 17.2. The summed E-state index contributed by atoms with van der Waals surface area (Å²) in [6, 6.07) is 2.35. The number of anilines is 1. The zero-order chi connectivity index (χ0) is 21.6. The second-order valence-corrected chi connectivity index (χ2v) is 7.32. The van der Waals surface area contributed by atoms with Gasteiger partial charge in [-0.1, -0.05) is 71.1 Å². The molecule has 0 bridgehead atoms. The number of benzene rings is 1. The van der Waals surface area contributed by atoms with Crippen molar-refractivity contribution in [3.63, 3.8) is 0 Å². The summed E-state index contributed by atoms with van der Waals surface area (Å²) in [5.74, 6) is -4.51. The Balaban J connectivity index is -0.00000280. The van der Waals surface area contributed by atoms with Crippen LogP contribution in [0.4, 0.5) is 5.69 Å². The zero-order valence-corrected chi connectivity index (χ0v) is 17.2. The van der Waals surface area contributed by atoms with E-state index in [1.165, 1.54) is 63.5 Å². The molecule has 0 aromatic heterocycles. The van der Waals surface area contributed by atoms with Gasteiger partial charge < -0.3 is 20.6 Å². The fourth-order valence-corrected chi connectivity index (χ4v) is 3.33. The topological polar surface area (TPSA) is 124 Å². The molecule has 0 saturated carbocycles. The Morgan fingerprint density at radius 3 is 1.38 bits per heavy atom. The summed E-state index contributed by atoms with van der Waals surface area (Å²) in [4.78, 5) is 34.0. The van der Waals surface area contributed by atoms with Gasteiger partial charge in [0.05, 0.1) is 16.7 Å². The fourth-order valence-electron chi connectivity index (χ4n) is 3.33. The number of unbranched alkanes of at least 4 members (excludes halogenated alkanes) is 10. The third kappa shape index (κ3) is 14.6. The number of carboxylic acids is 3. The maximum atomic E-state index is 11.3. The van der Waals surface area contributed by atoms with E-state index in [-0.39, 0.29) is 88.7 Å². The van der Waals surface area contributed by atoms with Crippen LogP contribution < -0.4 is 5.32 Å². The summed E-state index contributed by atoms with van der Waals surface area (Å²) in [6.45, 7) is 2.79. The summed E-state index contributed by atoms with van der Waals surface area (Å²) in [5, 5.41) is 30.7. The fraction of sp³-hybridized carbons (Fsp3) is 0.591. The maximum absolute atomic E-state index is 11.3. The molecule has 1 aromatic rings. The Morgan fingerprint density at radius 2 is 1.03 bits per heavy atom. The third-order valence-electron chi connectivity index (χ3n) is 4.92. The first kappa shape index (κ1) is 37.0. The van der Waals surface area contributed by atoms with Crippen LogP contribution >= 0.6 is 0 Å². The number of hydrogen-bond donors (Lipinski definition) is 4. The molecular weight excluding hydrogens is 443 g/mol. The van der Waals surface area contributed by atoms with Crippen molar-refractivity contribution in [3.8, 4) is 0 Å². The van der Waals surface area contributed by atoms with Crippen molar-refractivity contribution in [3.05, 3.63) is 28.8 Å². The number of hydrogen-bond acceptors (Lipinski definition) is 4. The molecule has 10 heteroatoms. The van der Waals surface area contributed by atoms with Gasteiger partial charge in [0, 0.05) is 12.2 Å². The number of aromatic carboxylic acids is 3. The van der Waals surface area contributed by atoms with Gasteiger partial charge in [-0.15, -0.1) is 0 Å². The predicted molar refractivity (Wildman–Crippen MR) is 134 cm³/mol. The van der Waals surface area contributed by atoms with Gasteiger partial charge in [0.15, 0.2) is 0 Å². The number of carboxylic acid groups (broad SMARTS) is 3. The molecule has 0 amide bonds. The molecule has 168 valence electrons. The average Bonchev–Trinajstić information content (AvgIpc) is 2.67. The minimum absolute atomic E-state index is 0. The van der Waals surface area contributed by atoms with Gasteiger partial charge in [-0.05, 0) is 18.6 Å². The van der Waals surface area contributed by atoms with E-state index in [0.717, 1.165) is 19.3 Å². The Morgan fingerprint density at radius 1 is 0.656 bits per heavy atom. The van der Waals surface area contributed by atoms with E-state index in [1.807, 2.05) is 0 Å². The van der Waals surface area contributed by atoms with Gasteiger partial charge in [0.2, 0.25) is 0 Å². The molecule has 32 heavy (non-hydrogen) atoms. The molecular formula is C22H36NNa3O6. The average molecular weight is 480 g/mol. The molecule has 0 aliphatic heterocycles. The van der Waals surface area contributed by atoms with Crippen LogP contribution in [0.25, 0.3) is 0 Å². The van der Waals surface area contributed by atoms with Crippen LogP contribution in [0.2, 0.25) is 0 Å². The SMILES string of the molecule is CCCCCCCCCCCCCNc1cc(C(=O)O)c(C(=O)O)c(C(=O)O)c1.[NaH].[NaH].[NaH]. The Hall–Kier alpha value is 0.430. The molecule has 4 N–H and O–H groups in total. The van der Waals surface area contributed by atoms with E-state index in [2.05, 4.69) is 12.2 Å². The van der Waals surface area contributed by atoms with Crippen molar-refractivity contribution in [2.45, 2.75) is 77.6 Å². The van der Waals surface area contributed by atoms with Crippen molar-refractivity contribution in [2.24, 2.45) is 0 Å².